The number of nitrogens with zero attached hydrogens (tertiary/aromatic N) is 1. The van der Waals surface area contributed by atoms with Crippen molar-refractivity contribution in [2.45, 2.75) is 0 Å². The zero-order valence-corrected chi connectivity index (χ0v) is 8.62. The van der Waals surface area contributed by atoms with Crippen LogP contribution in [-0.4, -0.2) is 16.8 Å². The van der Waals surface area contributed by atoms with E-state index in [4.69, 9.17) is 34.8 Å². The van der Waals surface area contributed by atoms with E-state index in [9.17, 15) is 4.79 Å². The van der Waals surface area contributed by atoms with Gasteiger partial charge in [-0.1, -0.05) is 23.2 Å². The molecule has 1 aromatic heterocycles. The number of hydrogen-bond acceptors (Lipinski definition) is 2. The van der Waals surface area contributed by atoms with Gasteiger partial charge in [-0.2, -0.15) is 0 Å². The first kappa shape index (κ1) is 10.6. The number of pyridine rings is 1. The number of rotatable bonds is 2. The van der Waals surface area contributed by atoms with Gasteiger partial charge in [0.1, 0.15) is 5.88 Å². The maximum Gasteiger partial charge on any atom is 0.239 e. The lowest BCUT2D eigenvalue weighted by molar-refractivity contribution is -0.113. The van der Waals surface area contributed by atoms with Crippen molar-refractivity contribution in [1.29, 1.82) is 0 Å². The molecule has 1 N–H and O–H groups in total. The third kappa shape index (κ3) is 2.72. The van der Waals surface area contributed by atoms with E-state index in [1.165, 1.54) is 12.4 Å². The fourth-order valence-electron chi connectivity index (χ4n) is 0.704. The molecule has 6 heteroatoms. The number of alkyl halides is 1. The highest BCUT2D eigenvalue weighted by Gasteiger charge is 2.08. The van der Waals surface area contributed by atoms with Gasteiger partial charge < -0.3 is 5.32 Å². The Balaban J connectivity index is 2.93. The standard InChI is InChI=1S/C7H5Cl3N2O/c8-1-6(13)12-7-4(9)2-11-3-5(7)10/h2-3H,1H2,(H,11,12,13). The van der Waals surface area contributed by atoms with E-state index in [0.717, 1.165) is 0 Å². The maximum absolute atomic E-state index is 10.9. The van der Waals surface area contributed by atoms with Crippen molar-refractivity contribution in [1.82, 2.24) is 4.98 Å². The Morgan fingerprint density at radius 1 is 1.38 bits per heavy atom. The Kier molecular flexibility index (Phi) is 3.78. The normalized spacial score (nSPS) is 9.77. The first-order valence-electron chi connectivity index (χ1n) is 3.30. The van der Waals surface area contributed by atoms with Gasteiger partial charge in [0, 0.05) is 12.4 Å². The van der Waals surface area contributed by atoms with Crippen molar-refractivity contribution in [2.75, 3.05) is 11.2 Å². The first-order chi connectivity index (χ1) is 6.15. The predicted octanol–water partition coefficient (Wildman–Crippen LogP) is 2.57. The predicted molar refractivity (Wildman–Crippen MR) is 53.6 cm³/mol. The summed E-state index contributed by atoms with van der Waals surface area (Å²) in [4.78, 5) is 14.6. The second kappa shape index (κ2) is 4.65. The molecule has 0 saturated heterocycles. The van der Waals surface area contributed by atoms with Crippen LogP contribution < -0.4 is 5.32 Å². The highest BCUT2D eigenvalue weighted by Crippen LogP contribution is 2.28. The molecule has 1 heterocycles. The molecule has 0 radical (unpaired) electrons. The Bertz CT molecular complexity index is 309. The lowest BCUT2D eigenvalue weighted by atomic mass is 10.4. The van der Waals surface area contributed by atoms with Gasteiger partial charge in [0.15, 0.2) is 0 Å². The van der Waals surface area contributed by atoms with Crippen LogP contribution in [0.25, 0.3) is 0 Å². The van der Waals surface area contributed by atoms with Crippen LogP contribution in [-0.2, 0) is 4.79 Å². The number of aromatic nitrogens is 1. The second-order valence-corrected chi connectivity index (χ2v) is 3.24. The minimum absolute atomic E-state index is 0.144. The molecule has 0 spiro atoms. The van der Waals surface area contributed by atoms with Crippen LogP contribution in [0.15, 0.2) is 12.4 Å². The van der Waals surface area contributed by atoms with Crippen molar-refractivity contribution in [3.63, 3.8) is 0 Å². The molecule has 0 unspecified atom stereocenters. The zero-order valence-electron chi connectivity index (χ0n) is 6.35. The summed E-state index contributed by atoms with van der Waals surface area (Å²) in [6, 6.07) is 0. The fraction of sp³-hybridized carbons (Fsp3) is 0.143. The zero-order chi connectivity index (χ0) is 9.84. The Hall–Kier alpha value is -0.510. The lowest BCUT2D eigenvalue weighted by Crippen LogP contribution is -2.13. The Labute approximate surface area is 90.0 Å². The molecule has 3 nitrogen and oxygen atoms in total. The van der Waals surface area contributed by atoms with E-state index in [1.807, 2.05) is 0 Å². The average molecular weight is 239 g/mol. The van der Waals surface area contributed by atoms with Crippen molar-refractivity contribution >= 4 is 46.4 Å². The molecular formula is C7H5Cl3N2O. The summed E-state index contributed by atoms with van der Waals surface area (Å²) in [5.41, 5.74) is 0.337. The minimum Gasteiger partial charge on any atom is -0.322 e. The Morgan fingerprint density at radius 3 is 2.38 bits per heavy atom. The third-order valence-electron chi connectivity index (χ3n) is 1.24. The minimum atomic E-state index is -0.364. The van der Waals surface area contributed by atoms with Crippen molar-refractivity contribution in [3.8, 4) is 0 Å². The lowest BCUT2D eigenvalue weighted by Gasteiger charge is -2.06. The number of hydrogen-bond donors (Lipinski definition) is 1. The molecule has 0 aliphatic rings. The number of amides is 1. The average Bonchev–Trinajstić information content (AvgIpc) is 2.11. The van der Waals surface area contributed by atoms with Gasteiger partial charge in [0.2, 0.25) is 5.91 Å². The van der Waals surface area contributed by atoms with Crippen LogP contribution in [0.4, 0.5) is 5.69 Å². The number of halogens is 3. The molecule has 0 fully saturated rings. The molecule has 13 heavy (non-hydrogen) atoms. The van der Waals surface area contributed by atoms with Gasteiger partial charge in [-0.3, -0.25) is 9.78 Å². The quantitative estimate of drug-likeness (QED) is 0.806. The smallest absolute Gasteiger partial charge is 0.239 e. The van der Waals surface area contributed by atoms with Gasteiger partial charge in [-0.15, -0.1) is 11.6 Å². The highest BCUT2D eigenvalue weighted by atomic mass is 35.5. The first-order valence-corrected chi connectivity index (χ1v) is 4.59. The topological polar surface area (TPSA) is 42.0 Å². The van der Waals surface area contributed by atoms with Crippen molar-refractivity contribution in [3.05, 3.63) is 22.4 Å². The van der Waals surface area contributed by atoms with Gasteiger partial charge in [-0.05, 0) is 0 Å². The summed E-state index contributed by atoms with van der Waals surface area (Å²) in [5.74, 6) is -0.508. The summed E-state index contributed by atoms with van der Waals surface area (Å²) in [5, 5.41) is 3.02. The summed E-state index contributed by atoms with van der Waals surface area (Å²) >= 11 is 16.7. The summed E-state index contributed by atoms with van der Waals surface area (Å²) in [6.45, 7) is 0. The largest absolute Gasteiger partial charge is 0.322 e. The van der Waals surface area contributed by atoms with E-state index >= 15 is 0 Å². The number of anilines is 1. The van der Waals surface area contributed by atoms with Crippen LogP contribution in [0.2, 0.25) is 10.0 Å². The molecular weight excluding hydrogens is 234 g/mol. The van der Waals surface area contributed by atoms with Crippen LogP contribution in [0.1, 0.15) is 0 Å². The SMILES string of the molecule is O=C(CCl)Nc1c(Cl)cncc1Cl. The van der Waals surface area contributed by atoms with Gasteiger partial charge >= 0.3 is 0 Å². The van der Waals surface area contributed by atoms with E-state index in [0.29, 0.717) is 5.69 Å². The van der Waals surface area contributed by atoms with Gasteiger partial charge in [0.25, 0.3) is 0 Å². The van der Waals surface area contributed by atoms with E-state index in [2.05, 4.69) is 10.3 Å². The van der Waals surface area contributed by atoms with Crippen molar-refractivity contribution < 1.29 is 4.79 Å². The van der Waals surface area contributed by atoms with Crippen LogP contribution >= 0.6 is 34.8 Å². The Morgan fingerprint density at radius 2 is 1.92 bits per heavy atom. The highest BCUT2D eigenvalue weighted by molar-refractivity contribution is 6.40. The summed E-state index contributed by atoms with van der Waals surface area (Å²) < 4.78 is 0. The molecule has 0 bridgehead atoms. The number of nitrogens with one attached hydrogen (secondary N) is 1. The summed E-state index contributed by atoms with van der Waals surface area (Å²) in [6.07, 6.45) is 2.77. The fourth-order valence-corrected chi connectivity index (χ4v) is 1.23. The van der Waals surface area contributed by atoms with E-state index in [-0.39, 0.29) is 21.8 Å². The number of carbonyl (C=O) groups is 1. The van der Waals surface area contributed by atoms with Gasteiger partial charge in [0.05, 0.1) is 15.7 Å². The summed E-state index contributed by atoms with van der Waals surface area (Å²) in [7, 11) is 0. The van der Waals surface area contributed by atoms with Crippen molar-refractivity contribution in [2.24, 2.45) is 0 Å². The molecule has 1 rings (SSSR count). The third-order valence-corrected chi connectivity index (χ3v) is 2.06. The molecule has 1 aromatic rings. The van der Waals surface area contributed by atoms with Crippen LogP contribution in [0.3, 0.4) is 0 Å². The van der Waals surface area contributed by atoms with Crippen LogP contribution in [0, 0.1) is 0 Å². The molecule has 0 aliphatic carbocycles. The van der Waals surface area contributed by atoms with E-state index in [1.54, 1.807) is 0 Å². The monoisotopic (exact) mass is 238 g/mol. The number of carbonyl (C=O) groups excluding carboxylic acids is 1. The molecule has 0 saturated carbocycles. The van der Waals surface area contributed by atoms with E-state index < -0.39 is 0 Å². The van der Waals surface area contributed by atoms with Gasteiger partial charge in [-0.25, -0.2) is 0 Å². The van der Waals surface area contributed by atoms with Crippen LogP contribution in [0.5, 0.6) is 0 Å². The second-order valence-electron chi connectivity index (χ2n) is 2.16. The molecule has 0 aromatic carbocycles. The molecule has 0 aliphatic heterocycles. The molecule has 0 atom stereocenters. The maximum atomic E-state index is 10.9. The molecule has 1 amide bonds. The molecule has 70 valence electrons.